The van der Waals surface area contributed by atoms with Gasteiger partial charge in [0.15, 0.2) is 0 Å². The zero-order valence-electron chi connectivity index (χ0n) is 11.8. The van der Waals surface area contributed by atoms with E-state index in [1.165, 1.54) is 6.08 Å². The Morgan fingerprint density at radius 3 is 2.50 bits per heavy atom. The average molecular weight is 277 g/mol. The molecule has 0 spiro atoms. The van der Waals surface area contributed by atoms with E-state index >= 15 is 0 Å². The SMILES string of the molecule is COc1ccccc1/C=C/C(=O)NC(C(=O)O)C(C)C. The molecule has 108 valence electrons. The van der Waals surface area contributed by atoms with Crippen molar-refractivity contribution in [3.8, 4) is 5.75 Å². The van der Waals surface area contributed by atoms with E-state index in [4.69, 9.17) is 9.84 Å². The molecule has 0 aliphatic carbocycles. The Balaban J connectivity index is 2.75. The minimum Gasteiger partial charge on any atom is -0.496 e. The number of ether oxygens (including phenoxy) is 1. The zero-order valence-corrected chi connectivity index (χ0v) is 11.8. The monoisotopic (exact) mass is 277 g/mol. The highest BCUT2D eigenvalue weighted by Crippen LogP contribution is 2.18. The summed E-state index contributed by atoms with van der Waals surface area (Å²) in [6, 6.07) is 6.35. The molecule has 1 aromatic carbocycles. The number of aliphatic carboxylic acids is 1. The first-order chi connectivity index (χ1) is 9.45. The third kappa shape index (κ3) is 4.42. The predicted octanol–water partition coefficient (Wildman–Crippen LogP) is 1.93. The van der Waals surface area contributed by atoms with Gasteiger partial charge in [0.2, 0.25) is 5.91 Å². The van der Waals surface area contributed by atoms with Crippen LogP contribution in [0.3, 0.4) is 0 Å². The molecule has 0 aliphatic heterocycles. The Morgan fingerprint density at radius 2 is 1.95 bits per heavy atom. The standard InChI is InChI=1S/C15H19NO4/c1-10(2)14(15(18)19)16-13(17)9-8-11-6-4-5-7-12(11)20-3/h4-10,14H,1-3H3,(H,16,17)(H,18,19)/b9-8+. The van der Waals surface area contributed by atoms with Crippen LogP contribution < -0.4 is 10.1 Å². The first-order valence-corrected chi connectivity index (χ1v) is 6.30. The lowest BCUT2D eigenvalue weighted by Crippen LogP contribution is -2.43. The summed E-state index contributed by atoms with van der Waals surface area (Å²) in [5.74, 6) is -1.03. The Bertz CT molecular complexity index is 508. The van der Waals surface area contributed by atoms with E-state index in [-0.39, 0.29) is 5.92 Å². The summed E-state index contributed by atoms with van der Waals surface area (Å²) in [7, 11) is 1.55. The number of carboxylic acids is 1. The number of rotatable bonds is 6. The molecule has 2 N–H and O–H groups in total. The number of amides is 1. The Kier molecular flexibility index (Phi) is 5.77. The van der Waals surface area contributed by atoms with Crippen LogP contribution in [0.5, 0.6) is 5.75 Å². The maximum atomic E-state index is 11.7. The van der Waals surface area contributed by atoms with Crippen LogP contribution in [0.2, 0.25) is 0 Å². The van der Waals surface area contributed by atoms with E-state index in [0.717, 1.165) is 5.56 Å². The van der Waals surface area contributed by atoms with Crippen LogP contribution in [-0.2, 0) is 9.59 Å². The molecule has 0 heterocycles. The molecule has 0 fully saturated rings. The molecule has 1 aromatic rings. The Labute approximate surface area is 118 Å². The first-order valence-electron chi connectivity index (χ1n) is 6.30. The maximum absolute atomic E-state index is 11.7. The molecule has 0 saturated heterocycles. The number of hydrogen-bond donors (Lipinski definition) is 2. The molecule has 0 aliphatic rings. The highest BCUT2D eigenvalue weighted by molar-refractivity contribution is 5.94. The van der Waals surface area contributed by atoms with Crippen molar-refractivity contribution in [2.75, 3.05) is 7.11 Å². The van der Waals surface area contributed by atoms with E-state index in [2.05, 4.69) is 5.32 Å². The topological polar surface area (TPSA) is 75.6 Å². The van der Waals surface area contributed by atoms with Gasteiger partial charge >= 0.3 is 5.97 Å². The predicted molar refractivity (Wildman–Crippen MR) is 76.4 cm³/mol. The fraction of sp³-hybridized carbons (Fsp3) is 0.333. The lowest BCUT2D eigenvalue weighted by molar-refractivity contribution is -0.142. The molecule has 0 saturated carbocycles. The molecule has 1 unspecified atom stereocenters. The molecule has 0 aromatic heterocycles. The number of nitrogens with one attached hydrogen (secondary N) is 1. The molecule has 20 heavy (non-hydrogen) atoms. The van der Waals surface area contributed by atoms with Crippen LogP contribution >= 0.6 is 0 Å². The van der Waals surface area contributed by atoms with Crippen LogP contribution in [0.4, 0.5) is 0 Å². The second-order valence-electron chi connectivity index (χ2n) is 4.64. The van der Waals surface area contributed by atoms with Crippen molar-refractivity contribution in [2.45, 2.75) is 19.9 Å². The van der Waals surface area contributed by atoms with Crippen LogP contribution in [0, 0.1) is 5.92 Å². The van der Waals surface area contributed by atoms with Gasteiger partial charge in [0, 0.05) is 11.6 Å². The lowest BCUT2D eigenvalue weighted by atomic mass is 10.0. The van der Waals surface area contributed by atoms with E-state index in [1.54, 1.807) is 39.2 Å². The number of para-hydroxylation sites is 1. The van der Waals surface area contributed by atoms with Gasteiger partial charge in [-0.3, -0.25) is 4.79 Å². The van der Waals surface area contributed by atoms with Gasteiger partial charge in [0.1, 0.15) is 11.8 Å². The average Bonchev–Trinajstić information content (AvgIpc) is 2.42. The van der Waals surface area contributed by atoms with Gasteiger partial charge in [-0.2, -0.15) is 0 Å². The van der Waals surface area contributed by atoms with Crippen LogP contribution in [0.25, 0.3) is 6.08 Å². The Morgan fingerprint density at radius 1 is 1.30 bits per heavy atom. The lowest BCUT2D eigenvalue weighted by Gasteiger charge is -2.16. The number of hydrogen-bond acceptors (Lipinski definition) is 3. The summed E-state index contributed by atoms with van der Waals surface area (Å²) in [4.78, 5) is 22.7. The number of carboxylic acid groups (broad SMARTS) is 1. The summed E-state index contributed by atoms with van der Waals surface area (Å²) >= 11 is 0. The third-order valence-electron chi connectivity index (χ3n) is 2.78. The molecular formula is C15H19NO4. The van der Waals surface area contributed by atoms with Crippen LogP contribution in [0.15, 0.2) is 30.3 Å². The highest BCUT2D eigenvalue weighted by atomic mass is 16.5. The minimum atomic E-state index is -1.04. The van der Waals surface area contributed by atoms with Gasteiger partial charge in [-0.25, -0.2) is 4.79 Å². The second-order valence-corrected chi connectivity index (χ2v) is 4.64. The molecule has 0 bridgehead atoms. The van der Waals surface area contributed by atoms with Crippen molar-refractivity contribution in [3.63, 3.8) is 0 Å². The Hall–Kier alpha value is -2.30. The number of carbonyl (C=O) groups excluding carboxylic acids is 1. The van der Waals surface area contributed by atoms with Gasteiger partial charge in [0.05, 0.1) is 7.11 Å². The fourth-order valence-corrected chi connectivity index (χ4v) is 1.68. The van der Waals surface area contributed by atoms with E-state index in [9.17, 15) is 9.59 Å². The normalized spacial score (nSPS) is 12.4. The quantitative estimate of drug-likeness (QED) is 0.779. The van der Waals surface area contributed by atoms with Gasteiger partial charge in [-0.15, -0.1) is 0 Å². The minimum absolute atomic E-state index is 0.184. The van der Waals surface area contributed by atoms with Gasteiger partial charge < -0.3 is 15.2 Å². The van der Waals surface area contributed by atoms with E-state index < -0.39 is 17.9 Å². The largest absolute Gasteiger partial charge is 0.496 e. The molecule has 5 heteroatoms. The zero-order chi connectivity index (χ0) is 15.1. The summed E-state index contributed by atoms with van der Waals surface area (Å²) in [5, 5.41) is 11.5. The van der Waals surface area contributed by atoms with Crippen molar-refractivity contribution in [3.05, 3.63) is 35.9 Å². The molecule has 0 radical (unpaired) electrons. The molecule has 5 nitrogen and oxygen atoms in total. The number of benzene rings is 1. The molecule has 1 atom stereocenters. The molecule has 1 amide bonds. The number of carbonyl (C=O) groups is 2. The second kappa shape index (κ2) is 7.33. The van der Waals surface area contributed by atoms with Crippen LogP contribution in [-0.4, -0.2) is 30.1 Å². The van der Waals surface area contributed by atoms with E-state index in [0.29, 0.717) is 5.75 Å². The fourth-order valence-electron chi connectivity index (χ4n) is 1.68. The van der Waals surface area contributed by atoms with Crippen molar-refractivity contribution >= 4 is 18.0 Å². The smallest absolute Gasteiger partial charge is 0.326 e. The third-order valence-corrected chi connectivity index (χ3v) is 2.78. The van der Waals surface area contributed by atoms with Crippen molar-refractivity contribution in [1.29, 1.82) is 0 Å². The summed E-state index contributed by atoms with van der Waals surface area (Å²) < 4.78 is 5.16. The maximum Gasteiger partial charge on any atom is 0.326 e. The van der Waals surface area contributed by atoms with Crippen molar-refractivity contribution in [1.82, 2.24) is 5.32 Å². The summed E-state index contributed by atoms with van der Waals surface area (Å²) in [6.45, 7) is 3.48. The van der Waals surface area contributed by atoms with Crippen LogP contribution in [0.1, 0.15) is 19.4 Å². The van der Waals surface area contributed by atoms with Crippen molar-refractivity contribution in [2.24, 2.45) is 5.92 Å². The van der Waals surface area contributed by atoms with Gasteiger partial charge in [-0.1, -0.05) is 32.0 Å². The first kappa shape index (κ1) is 15.8. The molecule has 1 rings (SSSR count). The molecular weight excluding hydrogens is 258 g/mol. The highest BCUT2D eigenvalue weighted by Gasteiger charge is 2.22. The number of methoxy groups -OCH3 is 1. The van der Waals surface area contributed by atoms with E-state index in [1.807, 2.05) is 12.1 Å². The van der Waals surface area contributed by atoms with Gasteiger partial charge in [0.25, 0.3) is 0 Å². The van der Waals surface area contributed by atoms with Gasteiger partial charge in [-0.05, 0) is 18.1 Å². The summed E-state index contributed by atoms with van der Waals surface area (Å²) in [5.41, 5.74) is 0.751. The van der Waals surface area contributed by atoms with Crippen molar-refractivity contribution < 1.29 is 19.4 Å². The summed E-state index contributed by atoms with van der Waals surface area (Å²) in [6.07, 6.45) is 2.89.